The quantitative estimate of drug-likeness (QED) is 0.598. The second-order valence-corrected chi connectivity index (χ2v) is 8.21. The van der Waals surface area contributed by atoms with Crippen LogP contribution in [-0.2, 0) is 4.79 Å². The number of benzene rings is 2. The van der Waals surface area contributed by atoms with E-state index in [0.717, 1.165) is 19.3 Å². The summed E-state index contributed by atoms with van der Waals surface area (Å²) in [4.78, 5) is 44.4. The number of nitrogens with one attached hydrogen (secondary N) is 3. The van der Waals surface area contributed by atoms with Gasteiger partial charge in [0.25, 0.3) is 11.5 Å². The van der Waals surface area contributed by atoms with Crippen LogP contribution in [0.25, 0.3) is 22.3 Å². The third-order valence-electron chi connectivity index (χ3n) is 5.88. The van der Waals surface area contributed by atoms with Gasteiger partial charge in [-0.05, 0) is 43.0 Å². The lowest BCUT2D eigenvalue weighted by atomic mass is 9.86. The van der Waals surface area contributed by atoms with Gasteiger partial charge in [0.15, 0.2) is 0 Å². The number of aromatic amines is 1. The molecule has 2 atom stereocenters. The Labute approximate surface area is 180 Å². The van der Waals surface area contributed by atoms with Gasteiger partial charge in [-0.2, -0.15) is 0 Å². The fourth-order valence-corrected chi connectivity index (χ4v) is 4.18. The van der Waals surface area contributed by atoms with Gasteiger partial charge in [-0.25, -0.2) is 4.98 Å². The van der Waals surface area contributed by atoms with Crippen molar-refractivity contribution < 1.29 is 9.59 Å². The number of nitrogens with zero attached hydrogens (tertiary/aromatic N) is 1. The Balaban J connectivity index is 1.65. The van der Waals surface area contributed by atoms with Gasteiger partial charge >= 0.3 is 0 Å². The maximum absolute atomic E-state index is 12.8. The summed E-state index contributed by atoms with van der Waals surface area (Å²) in [5.74, 6) is 0.0973. The predicted octanol–water partition coefficient (Wildman–Crippen LogP) is 3.86. The number of hydrogen-bond donors (Lipinski definition) is 3. The number of fused-ring (bicyclic) bond motifs is 1. The molecule has 1 fully saturated rings. The van der Waals surface area contributed by atoms with Gasteiger partial charge in [-0.15, -0.1) is 0 Å². The maximum Gasteiger partial charge on any atom is 0.275 e. The number of amides is 2. The Morgan fingerprint density at radius 1 is 1.10 bits per heavy atom. The summed E-state index contributed by atoms with van der Waals surface area (Å²) in [5.41, 5.74) is 2.44. The van der Waals surface area contributed by atoms with Gasteiger partial charge in [-0.3, -0.25) is 14.4 Å². The van der Waals surface area contributed by atoms with E-state index in [-0.39, 0.29) is 29.1 Å². The first kappa shape index (κ1) is 20.8. The average Bonchev–Trinajstić information content (AvgIpc) is 2.74. The number of rotatable bonds is 4. The Morgan fingerprint density at radius 2 is 1.87 bits per heavy atom. The minimum absolute atomic E-state index is 0.137. The molecule has 1 aliphatic carbocycles. The summed E-state index contributed by atoms with van der Waals surface area (Å²) in [6, 6.07) is 12.3. The number of anilines is 1. The number of carbonyl (C=O) groups is 2. The molecule has 1 heterocycles. The van der Waals surface area contributed by atoms with Crippen molar-refractivity contribution in [2.75, 3.05) is 5.32 Å². The van der Waals surface area contributed by atoms with Gasteiger partial charge in [0.1, 0.15) is 5.69 Å². The minimum atomic E-state index is -0.385. The summed E-state index contributed by atoms with van der Waals surface area (Å²) >= 11 is 0. The topological polar surface area (TPSA) is 104 Å². The van der Waals surface area contributed by atoms with Gasteiger partial charge in [0.2, 0.25) is 5.91 Å². The summed E-state index contributed by atoms with van der Waals surface area (Å²) in [6.45, 7) is 3.59. The SMILES string of the molecule is CC(=O)Nc1ccccc1-c1nc2ccc(C(=O)NC3CCCCC3C)cc2[nH]c1=O. The Bertz CT molecular complexity index is 1200. The summed E-state index contributed by atoms with van der Waals surface area (Å²) in [5, 5.41) is 5.86. The van der Waals surface area contributed by atoms with Crippen LogP contribution >= 0.6 is 0 Å². The van der Waals surface area contributed by atoms with E-state index >= 15 is 0 Å². The molecule has 2 amide bonds. The molecule has 160 valence electrons. The zero-order chi connectivity index (χ0) is 22.0. The molecule has 7 nitrogen and oxygen atoms in total. The van der Waals surface area contributed by atoms with Crippen molar-refractivity contribution in [3.8, 4) is 11.3 Å². The third kappa shape index (κ3) is 4.50. The lowest BCUT2D eigenvalue weighted by Crippen LogP contribution is -2.41. The highest BCUT2D eigenvalue weighted by atomic mass is 16.2. The highest BCUT2D eigenvalue weighted by Gasteiger charge is 2.23. The van der Waals surface area contributed by atoms with Crippen LogP contribution in [0.2, 0.25) is 0 Å². The first-order valence-corrected chi connectivity index (χ1v) is 10.6. The standard InChI is InChI=1S/C24H26N4O3/c1-14-7-3-5-9-18(14)27-23(30)16-11-12-20-21(13-16)28-24(31)22(26-20)17-8-4-6-10-19(17)25-15(2)29/h4,6,8,10-14,18H,3,5,7,9H2,1-2H3,(H,25,29)(H,27,30)(H,28,31). The van der Waals surface area contributed by atoms with E-state index in [2.05, 4.69) is 27.5 Å². The summed E-state index contributed by atoms with van der Waals surface area (Å²) in [7, 11) is 0. The molecule has 1 saturated carbocycles. The zero-order valence-corrected chi connectivity index (χ0v) is 17.7. The van der Waals surface area contributed by atoms with Crippen molar-refractivity contribution in [2.45, 2.75) is 45.6 Å². The van der Waals surface area contributed by atoms with Crippen molar-refractivity contribution in [3.63, 3.8) is 0 Å². The van der Waals surface area contributed by atoms with E-state index in [9.17, 15) is 14.4 Å². The van der Waals surface area contributed by atoms with Gasteiger partial charge in [-0.1, -0.05) is 38.0 Å². The fraction of sp³-hybridized carbons (Fsp3) is 0.333. The first-order valence-electron chi connectivity index (χ1n) is 10.6. The second kappa shape index (κ2) is 8.71. The molecule has 0 spiro atoms. The van der Waals surface area contributed by atoms with Gasteiger partial charge in [0.05, 0.1) is 16.7 Å². The van der Waals surface area contributed by atoms with E-state index in [1.54, 1.807) is 42.5 Å². The van der Waals surface area contributed by atoms with Crippen LogP contribution in [0.1, 0.15) is 49.9 Å². The molecule has 2 aromatic carbocycles. The first-order chi connectivity index (χ1) is 14.9. The number of H-pyrrole nitrogens is 1. The van der Waals surface area contributed by atoms with Crippen LogP contribution in [0, 0.1) is 5.92 Å². The number of carbonyl (C=O) groups excluding carboxylic acids is 2. The molecule has 0 radical (unpaired) electrons. The molecule has 31 heavy (non-hydrogen) atoms. The van der Waals surface area contributed by atoms with Gasteiger partial charge < -0.3 is 15.6 Å². The van der Waals surface area contributed by atoms with Crippen molar-refractivity contribution in [1.29, 1.82) is 0 Å². The Morgan fingerprint density at radius 3 is 2.65 bits per heavy atom. The Kier molecular flexibility index (Phi) is 5.84. The molecular weight excluding hydrogens is 392 g/mol. The Hall–Kier alpha value is -3.48. The van der Waals surface area contributed by atoms with E-state index in [1.807, 2.05) is 0 Å². The lowest BCUT2D eigenvalue weighted by molar-refractivity contribution is -0.114. The molecule has 3 aromatic rings. The molecular formula is C24H26N4O3. The molecule has 7 heteroatoms. The molecule has 3 N–H and O–H groups in total. The van der Waals surface area contributed by atoms with Crippen LogP contribution in [0.3, 0.4) is 0 Å². The largest absolute Gasteiger partial charge is 0.349 e. The maximum atomic E-state index is 12.8. The molecule has 4 rings (SSSR count). The monoisotopic (exact) mass is 418 g/mol. The van der Waals surface area contributed by atoms with Crippen LogP contribution in [0.4, 0.5) is 5.69 Å². The van der Waals surface area contributed by atoms with Crippen LogP contribution in [-0.4, -0.2) is 27.8 Å². The van der Waals surface area contributed by atoms with Crippen LogP contribution in [0.5, 0.6) is 0 Å². The third-order valence-corrected chi connectivity index (χ3v) is 5.88. The zero-order valence-electron chi connectivity index (χ0n) is 17.7. The van der Waals surface area contributed by atoms with Crippen molar-refractivity contribution in [3.05, 3.63) is 58.4 Å². The highest BCUT2D eigenvalue weighted by Crippen LogP contribution is 2.26. The lowest BCUT2D eigenvalue weighted by Gasteiger charge is -2.29. The van der Waals surface area contributed by atoms with Crippen LogP contribution in [0.15, 0.2) is 47.3 Å². The van der Waals surface area contributed by atoms with Crippen molar-refractivity contribution in [2.24, 2.45) is 5.92 Å². The van der Waals surface area contributed by atoms with E-state index in [1.165, 1.54) is 13.3 Å². The molecule has 1 aliphatic rings. The number of hydrogen-bond acceptors (Lipinski definition) is 4. The van der Waals surface area contributed by atoms with E-state index < -0.39 is 0 Å². The predicted molar refractivity (Wildman–Crippen MR) is 121 cm³/mol. The number of aromatic nitrogens is 2. The normalized spacial score (nSPS) is 18.5. The average molecular weight is 418 g/mol. The van der Waals surface area contributed by atoms with E-state index in [0.29, 0.717) is 33.8 Å². The summed E-state index contributed by atoms with van der Waals surface area (Å²) in [6.07, 6.45) is 4.47. The molecule has 1 aromatic heterocycles. The van der Waals surface area contributed by atoms with Crippen molar-refractivity contribution >= 4 is 28.5 Å². The molecule has 0 saturated heterocycles. The minimum Gasteiger partial charge on any atom is -0.349 e. The molecule has 0 aliphatic heterocycles. The van der Waals surface area contributed by atoms with Gasteiger partial charge in [0, 0.05) is 24.1 Å². The fourth-order valence-electron chi connectivity index (χ4n) is 4.18. The number of para-hydroxylation sites is 1. The second-order valence-electron chi connectivity index (χ2n) is 8.21. The molecule has 0 bridgehead atoms. The smallest absolute Gasteiger partial charge is 0.275 e. The molecule has 2 unspecified atom stereocenters. The summed E-state index contributed by atoms with van der Waals surface area (Å²) < 4.78 is 0. The highest BCUT2D eigenvalue weighted by molar-refractivity contribution is 5.98. The van der Waals surface area contributed by atoms with Crippen LogP contribution < -0.4 is 16.2 Å². The van der Waals surface area contributed by atoms with Crippen molar-refractivity contribution in [1.82, 2.24) is 15.3 Å². The van der Waals surface area contributed by atoms with E-state index in [4.69, 9.17) is 0 Å².